The molecule has 0 aliphatic carbocycles. The van der Waals surface area contributed by atoms with Crippen molar-refractivity contribution in [3.63, 3.8) is 0 Å². The number of hydrogen-bond donors (Lipinski definition) is 2. The summed E-state index contributed by atoms with van der Waals surface area (Å²) in [4.78, 5) is 12.6. The molecule has 2 aromatic carbocycles. The maximum absolute atomic E-state index is 13.3. The standard InChI is InChI=1S/C20H21FN2O5S/c1-11(2)27-17-9-14-16(10-15(17)23-29(4,25)26)28-19(18(14)20(24)22-3)12-5-7-13(21)8-6-12/h5-11,23H,1-4H3,(H,22,24). The van der Waals surface area contributed by atoms with Crippen LogP contribution in [0.1, 0.15) is 24.2 Å². The van der Waals surface area contributed by atoms with Crippen molar-refractivity contribution >= 4 is 32.6 Å². The van der Waals surface area contributed by atoms with E-state index in [1.165, 1.54) is 37.4 Å². The minimum Gasteiger partial charge on any atom is -0.489 e. The number of furan rings is 1. The summed E-state index contributed by atoms with van der Waals surface area (Å²) in [6, 6.07) is 8.55. The molecule has 0 atom stereocenters. The van der Waals surface area contributed by atoms with E-state index in [2.05, 4.69) is 10.0 Å². The number of ether oxygens (including phenoxy) is 1. The number of carbonyl (C=O) groups is 1. The molecule has 0 unspecified atom stereocenters. The Hall–Kier alpha value is -3.07. The molecule has 3 rings (SSSR count). The van der Waals surface area contributed by atoms with Gasteiger partial charge in [0.1, 0.15) is 22.9 Å². The number of halogens is 1. The van der Waals surface area contributed by atoms with Crippen molar-refractivity contribution in [2.24, 2.45) is 0 Å². The molecular weight excluding hydrogens is 399 g/mol. The molecule has 3 aromatic rings. The van der Waals surface area contributed by atoms with Gasteiger partial charge in [0.15, 0.2) is 0 Å². The zero-order valence-corrected chi connectivity index (χ0v) is 17.2. The molecule has 0 aliphatic heterocycles. The first kappa shape index (κ1) is 20.7. The van der Waals surface area contributed by atoms with Crippen molar-refractivity contribution in [1.82, 2.24) is 5.32 Å². The Labute approximate surface area is 167 Å². The number of amides is 1. The first-order chi connectivity index (χ1) is 13.6. The summed E-state index contributed by atoms with van der Waals surface area (Å²) in [7, 11) is -2.09. The lowest BCUT2D eigenvalue weighted by Crippen LogP contribution is -2.18. The second kappa shape index (κ2) is 7.75. The topological polar surface area (TPSA) is 97.6 Å². The number of rotatable bonds is 6. The second-order valence-electron chi connectivity index (χ2n) is 6.78. The van der Waals surface area contributed by atoms with Crippen molar-refractivity contribution in [2.75, 3.05) is 18.0 Å². The van der Waals surface area contributed by atoms with Gasteiger partial charge in [-0.3, -0.25) is 9.52 Å². The maximum Gasteiger partial charge on any atom is 0.255 e. The molecule has 0 saturated carbocycles. The molecule has 7 nitrogen and oxygen atoms in total. The number of anilines is 1. The molecule has 0 aliphatic rings. The summed E-state index contributed by atoms with van der Waals surface area (Å²) in [5.74, 6) is -0.318. The highest BCUT2D eigenvalue weighted by Crippen LogP contribution is 2.39. The van der Waals surface area contributed by atoms with E-state index in [4.69, 9.17) is 9.15 Å². The molecule has 2 N–H and O–H groups in total. The molecule has 0 bridgehead atoms. The Morgan fingerprint density at radius 1 is 1.17 bits per heavy atom. The van der Waals surface area contributed by atoms with Crippen molar-refractivity contribution < 1.29 is 26.8 Å². The molecule has 1 aromatic heterocycles. The van der Waals surface area contributed by atoms with Crippen LogP contribution in [0.2, 0.25) is 0 Å². The van der Waals surface area contributed by atoms with Crippen molar-refractivity contribution in [1.29, 1.82) is 0 Å². The zero-order valence-electron chi connectivity index (χ0n) is 16.4. The summed E-state index contributed by atoms with van der Waals surface area (Å²) in [6.07, 6.45) is 0.790. The Bertz CT molecular complexity index is 1170. The molecule has 0 radical (unpaired) electrons. The molecule has 29 heavy (non-hydrogen) atoms. The second-order valence-corrected chi connectivity index (χ2v) is 8.53. The van der Waals surface area contributed by atoms with E-state index in [-0.39, 0.29) is 34.4 Å². The molecule has 9 heteroatoms. The van der Waals surface area contributed by atoms with Gasteiger partial charge >= 0.3 is 0 Å². The zero-order chi connectivity index (χ0) is 21.3. The van der Waals surface area contributed by atoms with Crippen LogP contribution >= 0.6 is 0 Å². The van der Waals surface area contributed by atoms with Crippen LogP contribution in [-0.2, 0) is 10.0 Å². The fourth-order valence-electron chi connectivity index (χ4n) is 2.91. The molecule has 0 spiro atoms. The Morgan fingerprint density at radius 3 is 2.38 bits per heavy atom. The van der Waals surface area contributed by atoms with E-state index in [0.717, 1.165) is 6.26 Å². The Morgan fingerprint density at radius 2 is 1.83 bits per heavy atom. The van der Waals surface area contributed by atoms with E-state index in [0.29, 0.717) is 10.9 Å². The van der Waals surface area contributed by atoms with E-state index in [9.17, 15) is 17.6 Å². The van der Waals surface area contributed by atoms with Gasteiger partial charge in [0.25, 0.3) is 5.91 Å². The first-order valence-electron chi connectivity index (χ1n) is 8.82. The number of fused-ring (bicyclic) bond motifs is 1. The van der Waals surface area contributed by atoms with Crippen LogP contribution in [0.4, 0.5) is 10.1 Å². The fourth-order valence-corrected chi connectivity index (χ4v) is 3.47. The largest absolute Gasteiger partial charge is 0.489 e. The van der Waals surface area contributed by atoms with Gasteiger partial charge in [0.05, 0.1) is 23.6 Å². The highest BCUT2D eigenvalue weighted by Gasteiger charge is 2.24. The summed E-state index contributed by atoms with van der Waals surface area (Å²) in [6.45, 7) is 3.60. The van der Waals surface area contributed by atoms with Gasteiger partial charge in [-0.2, -0.15) is 0 Å². The fraction of sp³-hybridized carbons (Fsp3) is 0.250. The number of benzene rings is 2. The van der Waals surface area contributed by atoms with Crippen LogP contribution in [-0.4, -0.2) is 33.7 Å². The van der Waals surface area contributed by atoms with E-state index in [1.54, 1.807) is 19.9 Å². The SMILES string of the molecule is CNC(=O)c1c(-c2ccc(F)cc2)oc2cc(NS(C)(=O)=O)c(OC(C)C)cc12. The summed E-state index contributed by atoms with van der Waals surface area (Å²) in [5, 5.41) is 3.01. The highest BCUT2D eigenvalue weighted by molar-refractivity contribution is 7.92. The van der Waals surface area contributed by atoms with Crippen molar-refractivity contribution in [3.8, 4) is 17.1 Å². The van der Waals surface area contributed by atoms with Crippen LogP contribution in [0.25, 0.3) is 22.3 Å². The predicted octanol–water partition coefficient (Wildman–Crippen LogP) is 3.76. The molecule has 1 heterocycles. The van der Waals surface area contributed by atoms with Crippen LogP contribution in [0.3, 0.4) is 0 Å². The van der Waals surface area contributed by atoms with Gasteiger partial charge in [-0.15, -0.1) is 0 Å². The van der Waals surface area contributed by atoms with E-state index >= 15 is 0 Å². The lowest BCUT2D eigenvalue weighted by atomic mass is 10.0. The first-order valence-corrected chi connectivity index (χ1v) is 10.7. The lowest BCUT2D eigenvalue weighted by Gasteiger charge is -2.15. The quantitative estimate of drug-likeness (QED) is 0.633. The monoisotopic (exact) mass is 420 g/mol. The molecule has 1 amide bonds. The van der Waals surface area contributed by atoms with Crippen LogP contribution in [0.5, 0.6) is 5.75 Å². The van der Waals surface area contributed by atoms with Gasteiger partial charge < -0.3 is 14.5 Å². The minimum absolute atomic E-state index is 0.191. The van der Waals surface area contributed by atoms with Gasteiger partial charge in [-0.25, -0.2) is 12.8 Å². The van der Waals surface area contributed by atoms with Crippen molar-refractivity contribution in [3.05, 3.63) is 47.8 Å². The van der Waals surface area contributed by atoms with E-state index < -0.39 is 21.7 Å². The molecule has 0 fully saturated rings. The molecule has 154 valence electrons. The van der Waals surface area contributed by atoms with Gasteiger partial charge in [-0.05, 0) is 44.2 Å². The number of hydrogen-bond acceptors (Lipinski definition) is 5. The average Bonchev–Trinajstić information content (AvgIpc) is 2.98. The average molecular weight is 420 g/mol. The predicted molar refractivity (Wildman–Crippen MR) is 109 cm³/mol. The maximum atomic E-state index is 13.3. The molecular formula is C20H21FN2O5S. The number of carbonyl (C=O) groups excluding carboxylic acids is 1. The van der Waals surface area contributed by atoms with Gasteiger partial charge in [-0.1, -0.05) is 0 Å². The third-order valence-electron chi connectivity index (χ3n) is 4.01. The Kier molecular flexibility index (Phi) is 5.52. The van der Waals surface area contributed by atoms with Gasteiger partial charge in [0, 0.05) is 24.1 Å². The van der Waals surface area contributed by atoms with Crippen LogP contribution < -0.4 is 14.8 Å². The summed E-state index contributed by atoms with van der Waals surface area (Å²) >= 11 is 0. The normalized spacial score (nSPS) is 11.7. The van der Waals surface area contributed by atoms with E-state index in [1.807, 2.05) is 0 Å². The smallest absolute Gasteiger partial charge is 0.255 e. The summed E-state index contributed by atoms with van der Waals surface area (Å²) < 4.78 is 50.9. The lowest BCUT2D eigenvalue weighted by molar-refractivity contribution is 0.0964. The minimum atomic E-state index is -3.58. The van der Waals surface area contributed by atoms with Crippen molar-refractivity contribution in [2.45, 2.75) is 20.0 Å². The Balaban J connectivity index is 2.30. The van der Waals surface area contributed by atoms with Crippen LogP contribution in [0, 0.1) is 5.82 Å². The van der Waals surface area contributed by atoms with Gasteiger partial charge in [0.2, 0.25) is 10.0 Å². The van der Waals surface area contributed by atoms with Crippen LogP contribution in [0.15, 0.2) is 40.8 Å². The molecule has 0 saturated heterocycles. The number of sulfonamides is 1. The third kappa shape index (κ3) is 4.51. The number of nitrogens with one attached hydrogen (secondary N) is 2. The third-order valence-corrected chi connectivity index (χ3v) is 4.60. The summed E-state index contributed by atoms with van der Waals surface area (Å²) in [5.41, 5.74) is 1.22. The highest BCUT2D eigenvalue weighted by atomic mass is 32.2.